The number of ether oxygens (including phenoxy) is 2. The summed E-state index contributed by atoms with van der Waals surface area (Å²) in [5.41, 5.74) is 1.05. The van der Waals surface area contributed by atoms with Crippen molar-refractivity contribution in [3.05, 3.63) is 18.2 Å². The SMILES string of the molecule is CN=C(NCCS(C)(=O)=O)NC1CCN(c2cc(OC)cc(OC)c2)C1. The van der Waals surface area contributed by atoms with Crippen LogP contribution in [0.3, 0.4) is 0 Å². The van der Waals surface area contributed by atoms with Gasteiger partial charge in [0.1, 0.15) is 21.3 Å². The zero-order valence-corrected chi connectivity index (χ0v) is 16.6. The summed E-state index contributed by atoms with van der Waals surface area (Å²) in [6.45, 7) is 2.04. The highest BCUT2D eigenvalue weighted by Crippen LogP contribution is 2.30. The van der Waals surface area contributed by atoms with E-state index in [4.69, 9.17) is 9.47 Å². The van der Waals surface area contributed by atoms with Crippen molar-refractivity contribution in [2.75, 3.05) is 57.8 Å². The average Bonchev–Trinajstić information content (AvgIpc) is 3.07. The topological polar surface area (TPSA) is 92.3 Å². The lowest BCUT2D eigenvalue weighted by atomic mass is 10.2. The summed E-state index contributed by atoms with van der Waals surface area (Å²) in [6.07, 6.45) is 2.18. The molecule has 26 heavy (non-hydrogen) atoms. The van der Waals surface area contributed by atoms with Crippen molar-refractivity contribution in [1.82, 2.24) is 10.6 Å². The molecule has 0 radical (unpaired) electrons. The van der Waals surface area contributed by atoms with E-state index in [1.807, 2.05) is 18.2 Å². The smallest absolute Gasteiger partial charge is 0.191 e. The number of nitrogens with zero attached hydrogens (tertiary/aromatic N) is 2. The van der Waals surface area contributed by atoms with Crippen molar-refractivity contribution >= 4 is 21.5 Å². The molecule has 0 spiro atoms. The number of aliphatic imine (C=N–C) groups is 1. The molecule has 146 valence electrons. The zero-order chi connectivity index (χ0) is 19.2. The highest BCUT2D eigenvalue weighted by Gasteiger charge is 2.24. The second kappa shape index (κ2) is 8.98. The van der Waals surface area contributed by atoms with Crippen molar-refractivity contribution in [3.8, 4) is 11.5 Å². The Labute approximate surface area is 155 Å². The fraction of sp³-hybridized carbons (Fsp3) is 0.588. The van der Waals surface area contributed by atoms with Crippen molar-refractivity contribution in [2.45, 2.75) is 12.5 Å². The van der Waals surface area contributed by atoms with Gasteiger partial charge < -0.3 is 25.0 Å². The van der Waals surface area contributed by atoms with E-state index in [-0.39, 0.29) is 11.8 Å². The Morgan fingerprint density at radius 1 is 1.27 bits per heavy atom. The maximum absolute atomic E-state index is 11.2. The summed E-state index contributed by atoms with van der Waals surface area (Å²) in [5.74, 6) is 2.21. The minimum absolute atomic E-state index is 0.0775. The molecule has 1 unspecified atom stereocenters. The van der Waals surface area contributed by atoms with Gasteiger partial charge in [0.05, 0.1) is 20.0 Å². The number of rotatable bonds is 7. The third-order valence-corrected chi connectivity index (χ3v) is 5.17. The molecule has 0 saturated carbocycles. The van der Waals surface area contributed by atoms with Gasteiger partial charge in [-0.15, -0.1) is 0 Å². The monoisotopic (exact) mass is 384 g/mol. The number of guanidine groups is 1. The third-order valence-electron chi connectivity index (χ3n) is 4.22. The van der Waals surface area contributed by atoms with Crippen LogP contribution in [0.2, 0.25) is 0 Å². The molecule has 2 N–H and O–H groups in total. The lowest BCUT2D eigenvalue weighted by Gasteiger charge is -2.21. The normalized spacial score (nSPS) is 17.9. The molecule has 1 aliphatic rings. The largest absolute Gasteiger partial charge is 0.497 e. The standard InChI is InChI=1S/C17H28N4O4S/c1-18-17(19-6-8-26(4,22)23)20-13-5-7-21(12-13)14-9-15(24-2)11-16(10-14)25-3/h9-11,13H,5-8,12H2,1-4H3,(H2,18,19,20). The van der Waals surface area contributed by atoms with Gasteiger partial charge in [0.25, 0.3) is 0 Å². The van der Waals surface area contributed by atoms with Crippen LogP contribution >= 0.6 is 0 Å². The second-order valence-electron chi connectivity index (χ2n) is 6.28. The molecule has 0 aliphatic carbocycles. The van der Waals surface area contributed by atoms with Crippen LogP contribution in [0.1, 0.15) is 6.42 Å². The Balaban J connectivity index is 1.93. The minimum Gasteiger partial charge on any atom is -0.497 e. The van der Waals surface area contributed by atoms with Gasteiger partial charge in [-0.3, -0.25) is 4.99 Å². The maximum atomic E-state index is 11.2. The van der Waals surface area contributed by atoms with Gasteiger partial charge in [-0.25, -0.2) is 8.42 Å². The molecule has 9 heteroatoms. The summed E-state index contributed by atoms with van der Waals surface area (Å²) >= 11 is 0. The van der Waals surface area contributed by atoms with Crippen LogP contribution in [-0.2, 0) is 9.84 Å². The first-order valence-electron chi connectivity index (χ1n) is 8.47. The Hall–Kier alpha value is -2.16. The van der Waals surface area contributed by atoms with Crippen molar-refractivity contribution in [3.63, 3.8) is 0 Å². The van der Waals surface area contributed by atoms with Gasteiger partial charge in [-0.2, -0.15) is 0 Å². The minimum atomic E-state index is -2.99. The number of sulfone groups is 1. The van der Waals surface area contributed by atoms with Gasteiger partial charge in [-0.05, 0) is 6.42 Å². The number of benzene rings is 1. The van der Waals surface area contributed by atoms with Crippen LogP contribution in [0.5, 0.6) is 11.5 Å². The van der Waals surface area contributed by atoms with Crippen LogP contribution in [0.15, 0.2) is 23.2 Å². The van der Waals surface area contributed by atoms with Gasteiger partial charge in [0.15, 0.2) is 5.96 Å². The molecule has 1 aromatic rings. The summed E-state index contributed by atoms with van der Waals surface area (Å²) in [5, 5.41) is 6.39. The molecule has 1 atom stereocenters. The van der Waals surface area contributed by atoms with E-state index in [2.05, 4.69) is 20.5 Å². The van der Waals surface area contributed by atoms with E-state index in [9.17, 15) is 8.42 Å². The lowest BCUT2D eigenvalue weighted by molar-refractivity contribution is 0.394. The van der Waals surface area contributed by atoms with Crippen LogP contribution in [-0.4, -0.2) is 73.3 Å². The van der Waals surface area contributed by atoms with E-state index in [0.717, 1.165) is 36.7 Å². The first-order chi connectivity index (χ1) is 12.3. The quantitative estimate of drug-likeness (QED) is 0.522. The number of hydrogen-bond donors (Lipinski definition) is 2. The molecule has 2 rings (SSSR count). The van der Waals surface area contributed by atoms with E-state index in [0.29, 0.717) is 12.5 Å². The molecule has 1 heterocycles. The summed E-state index contributed by atoms with van der Waals surface area (Å²) in [6, 6.07) is 6.05. The molecule has 0 amide bonds. The first-order valence-corrected chi connectivity index (χ1v) is 10.5. The summed E-state index contributed by atoms with van der Waals surface area (Å²) < 4.78 is 33.1. The molecule has 0 aromatic heterocycles. The second-order valence-corrected chi connectivity index (χ2v) is 8.54. The number of nitrogens with one attached hydrogen (secondary N) is 2. The molecule has 8 nitrogen and oxygen atoms in total. The molecule has 1 fully saturated rings. The molecule has 1 saturated heterocycles. The number of methoxy groups -OCH3 is 2. The van der Waals surface area contributed by atoms with Gasteiger partial charge in [0, 0.05) is 62.9 Å². The number of hydrogen-bond acceptors (Lipinski definition) is 6. The maximum Gasteiger partial charge on any atom is 0.191 e. The van der Waals surface area contributed by atoms with E-state index >= 15 is 0 Å². The highest BCUT2D eigenvalue weighted by atomic mass is 32.2. The Kier molecular flexibility index (Phi) is 6.96. The predicted molar refractivity (Wildman–Crippen MR) is 104 cm³/mol. The molecule has 0 bridgehead atoms. The Bertz CT molecular complexity index is 714. The van der Waals surface area contributed by atoms with E-state index < -0.39 is 9.84 Å². The van der Waals surface area contributed by atoms with Gasteiger partial charge >= 0.3 is 0 Å². The molecular weight excluding hydrogens is 356 g/mol. The fourth-order valence-electron chi connectivity index (χ4n) is 2.83. The predicted octanol–water partition coefficient (Wildman–Crippen LogP) is 0.492. The zero-order valence-electron chi connectivity index (χ0n) is 15.8. The van der Waals surface area contributed by atoms with Crippen molar-refractivity contribution < 1.29 is 17.9 Å². The number of anilines is 1. The molecule has 1 aromatic carbocycles. The van der Waals surface area contributed by atoms with Crippen LogP contribution in [0, 0.1) is 0 Å². The average molecular weight is 385 g/mol. The van der Waals surface area contributed by atoms with Crippen molar-refractivity contribution in [2.24, 2.45) is 4.99 Å². The molecule has 1 aliphatic heterocycles. The van der Waals surface area contributed by atoms with E-state index in [1.165, 1.54) is 6.26 Å². The molecular formula is C17H28N4O4S. The first kappa shape index (κ1) is 20.2. The highest BCUT2D eigenvalue weighted by molar-refractivity contribution is 7.90. The Morgan fingerprint density at radius 2 is 1.92 bits per heavy atom. The van der Waals surface area contributed by atoms with Gasteiger partial charge in [0.2, 0.25) is 0 Å². The van der Waals surface area contributed by atoms with Crippen molar-refractivity contribution in [1.29, 1.82) is 0 Å². The van der Waals surface area contributed by atoms with Crippen LogP contribution in [0.25, 0.3) is 0 Å². The van der Waals surface area contributed by atoms with Crippen LogP contribution in [0.4, 0.5) is 5.69 Å². The summed E-state index contributed by atoms with van der Waals surface area (Å²) in [4.78, 5) is 6.42. The fourth-order valence-corrected chi connectivity index (χ4v) is 3.30. The summed E-state index contributed by atoms with van der Waals surface area (Å²) in [7, 11) is 1.96. The van der Waals surface area contributed by atoms with E-state index in [1.54, 1.807) is 21.3 Å². The lowest BCUT2D eigenvalue weighted by Crippen LogP contribution is -2.45. The Morgan fingerprint density at radius 3 is 2.46 bits per heavy atom. The third kappa shape index (κ3) is 5.98. The van der Waals surface area contributed by atoms with Crippen LogP contribution < -0.4 is 25.0 Å². The van der Waals surface area contributed by atoms with Gasteiger partial charge in [-0.1, -0.05) is 0 Å².